The Labute approximate surface area is 116 Å². The van der Waals surface area contributed by atoms with Gasteiger partial charge in [-0.3, -0.25) is 14.9 Å². The molecule has 8 heteroatoms. The van der Waals surface area contributed by atoms with Crippen LogP contribution >= 0.6 is 0 Å². The first-order valence-electron chi connectivity index (χ1n) is 6.12. The first-order chi connectivity index (χ1) is 9.36. The van der Waals surface area contributed by atoms with Crippen molar-refractivity contribution in [1.29, 1.82) is 0 Å². The number of pyridine rings is 1. The quantitative estimate of drug-likeness (QED) is 0.592. The van der Waals surface area contributed by atoms with E-state index in [0.29, 0.717) is 18.8 Å². The van der Waals surface area contributed by atoms with Crippen molar-refractivity contribution in [2.75, 3.05) is 26.0 Å². The number of hydrogen-bond acceptors (Lipinski definition) is 6. The van der Waals surface area contributed by atoms with Crippen molar-refractivity contribution < 1.29 is 14.8 Å². The number of amides is 1. The molecular formula is C12H18N4O4. The Morgan fingerprint density at radius 1 is 1.65 bits per heavy atom. The van der Waals surface area contributed by atoms with Crippen molar-refractivity contribution in [3.63, 3.8) is 0 Å². The molecule has 0 aromatic carbocycles. The van der Waals surface area contributed by atoms with Crippen LogP contribution in [-0.4, -0.2) is 52.6 Å². The van der Waals surface area contributed by atoms with E-state index < -0.39 is 16.9 Å². The number of carbonyl (C=O) groups excluding carboxylic acids is 1. The maximum atomic E-state index is 12.2. The van der Waals surface area contributed by atoms with Gasteiger partial charge >= 0.3 is 0 Å². The van der Waals surface area contributed by atoms with Gasteiger partial charge in [0.05, 0.1) is 11.0 Å². The number of hydrogen-bond donors (Lipinski definition) is 2. The normalized spacial score (nSPS) is 11.8. The molecule has 0 aliphatic heterocycles. The predicted molar refractivity (Wildman–Crippen MR) is 73.7 cm³/mol. The molecule has 0 spiro atoms. The van der Waals surface area contributed by atoms with Crippen LogP contribution in [0.1, 0.15) is 23.7 Å². The smallest absolute Gasteiger partial charge is 0.300 e. The minimum atomic E-state index is -0.637. The monoisotopic (exact) mass is 282 g/mol. The second-order valence-corrected chi connectivity index (χ2v) is 4.46. The SMILES string of the molecule is CNc1cc(C(=O)N(C)CCC(C)O)c([N+](=O)[O-])cn1. The van der Waals surface area contributed by atoms with Gasteiger partial charge in [0, 0.05) is 26.7 Å². The summed E-state index contributed by atoms with van der Waals surface area (Å²) >= 11 is 0. The molecule has 2 N–H and O–H groups in total. The van der Waals surface area contributed by atoms with Crippen LogP contribution in [0.5, 0.6) is 0 Å². The highest BCUT2D eigenvalue weighted by atomic mass is 16.6. The van der Waals surface area contributed by atoms with Gasteiger partial charge in [-0.05, 0) is 13.3 Å². The zero-order chi connectivity index (χ0) is 15.3. The number of carbonyl (C=O) groups is 1. The Morgan fingerprint density at radius 2 is 2.30 bits per heavy atom. The summed E-state index contributed by atoms with van der Waals surface area (Å²) in [4.78, 5) is 27.7. The number of aliphatic hydroxyl groups excluding tert-OH is 1. The van der Waals surface area contributed by atoms with Crippen LogP contribution in [0, 0.1) is 10.1 Å². The minimum absolute atomic E-state index is 0.0255. The molecule has 1 atom stereocenters. The number of nitro groups is 1. The summed E-state index contributed by atoms with van der Waals surface area (Å²) in [6.07, 6.45) is 0.923. The Kier molecular flexibility index (Phi) is 5.39. The number of anilines is 1. The molecule has 0 saturated heterocycles. The molecule has 0 aliphatic carbocycles. The maximum absolute atomic E-state index is 12.2. The highest BCUT2D eigenvalue weighted by Crippen LogP contribution is 2.21. The number of rotatable bonds is 6. The van der Waals surface area contributed by atoms with Crippen LogP contribution in [0.25, 0.3) is 0 Å². The predicted octanol–water partition coefficient (Wildman–Crippen LogP) is 0.874. The van der Waals surface area contributed by atoms with Crippen LogP contribution < -0.4 is 5.32 Å². The van der Waals surface area contributed by atoms with E-state index >= 15 is 0 Å². The fraction of sp³-hybridized carbons (Fsp3) is 0.500. The van der Waals surface area contributed by atoms with Gasteiger partial charge in [0.1, 0.15) is 17.6 Å². The Morgan fingerprint density at radius 3 is 2.80 bits per heavy atom. The molecule has 0 radical (unpaired) electrons. The number of nitrogens with zero attached hydrogens (tertiary/aromatic N) is 3. The summed E-state index contributed by atoms with van der Waals surface area (Å²) in [6, 6.07) is 1.35. The van der Waals surface area contributed by atoms with Gasteiger partial charge in [0.2, 0.25) is 0 Å². The highest BCUT2D eigenvalue weighted by Gasteiger charge is 2.24. The molecule has 0 aliphatic rings. The Hall–Kier alpha value is -2.22. The van der Waals surface area contributed by atoms with Crippen LogP contribution in [0.4, 0.5) is 11.5 Å². The lowest BCUT2D eigenvalue weighted by Gasteiger charge is -2.18. The standard InChI is InChI=1S/C12H18N4O4/c1-8(17)4-5-15(3)12(18)9-6-11(13-2)14-7-10(9)16(19)20/h6-8,17H,4-5H2,1-3H3,(H,13,14). The molecule has 1 aromatic heterocycles. The summed E-state index contributed by atoms with van der Waals surface area (Å²) < 4.78 is 0. The van der Waals surface area contributed by atoms with Gasteiger partial charge in [-0.15, -0.1) is 0 Å². The molecule has 0 saturated carbocycles. The van der Waals surface area contributed by atoms with Gasteiger partial charge in [-0.2, -0.15) is 0 Å². The fourth-order valence-electron chi connectivity index (χ4n) is 1.59. The Bertz CT molecular complexity index is 504. The lowest BCUT2D eigenvalue weighted by Crippen LogP contribution is -2.30. The molecule has 1 aromatic rings. The summed E-state index contributed by atoms with van der Waals surface area (Å²) in [5.74, 6) is -0.0980. The van der Waals surface area contributed by atoms with E-state index in [1.807, 2.05) is 0 Å². The van der Waals surface area contributed by atoms with Gasteiger partial charge in [-0.25, -0.2) is 4.98 Å². The second kappa shape index (κ2) is 6.80. The lowest BCUT2D eigenvalue weighted by molar-refractivity contribution is -0.385. The van der Waals surface area contributed by atoms with Crippen molar-refractivity contribution in [1.82, 2.24) is 9.88 Å². The summed E-state index contributed by atoms with van der Waals surface area (Å²) in [6.45, 7) is 1.93. The average Bonchev–Trinajstić information content (AvgIpc) is 2.42. The van der Waals surface area contributed by atoms with Crippen molar-refractivity contribution in [3.05, 3.63) is 27.9 Å². The molecular weight excluding hydrogens is 264 g/mol. The number of aliphatic hydroxyl groups is 1. The van der Waals surface area contributed by atoms with E-state index in [4.69, 9.17) is 0 Å². The molecule has 8 nitrogen and oxygen atoms in total. The highest BCUT2D eigenvalue weighted by molar-refractivity contribution is 5.98. The summed E-state index contributed by atoms with van der Waals surface area (Å²) in [5, 5.41) is 22.9. The third kappa shape index (κ3) is 3.89. The minimum Gasteiger partial charge on any atom is -0.393 e. The molecule has 1 unspecified atom stereocenters. The molecule has 0 fully saturated rings. The Balaban J connectivity index is 3.03. The average molecular weight is 282 g/mol. The zero-order valence-corrected chi connectivity index (χ0v) is 11.7. The third-order valence-electron chi connectivity index (χ3n) is 2.80. The van der Waals surface area contributed by atoms with Gasteiger partial charge in [-0.1, -0.05) is 0 Å². The van der Waals surface area contributed by atoms with E-state index in [9.17, 15) is 20.0 Å². The molecule has 1 rings (SSSR count). The van der Waals surface area contributed by atoms with Crippen LogP contribution in [0.3, 0.4) is 0 Å². The first kappa shape index (κ1) is 15.8. The fourth-order valence-corrected chi connectivity index (χ4v) is 1.59. The number of aromatic nitrogens is 1. The van der Waals surface area contributed by atoms with Crippen molar-refractivity contribution in [3.8, 4) is 0 Å². The molecule has 20 heavy (non-hydrogen) atoms. The molecule has 110 valence electrons. The van der Waals surface area contributed by atoms with Crippen molar-refractivity contribution in [2.24, 2.45) is 0 Å². The van der Waals surface area contributed by atoms with Crippen LogP contribution in [0.2, 0.25) is 0 Å². The first-order valence-corrected chi connectivity index (χ1v) is 6.12. The van der Waals surface area contributed by atoms with Gasteiger partial charge in [0.15, 0.2) is 0 Å². The van der Waals surface area contributed by atoms with Crippen LogP contribution in [-0.2, 0) is 0 Å². The van der Waals surface area contributed by atoms with E-state index in [1.165, 1.54) is 18.0 Å². The van der Waals surface area contributed by atoms with Gasteiger partial charge in [0.25, 0.3) is 11.6 Å². The number of nitrogens with one attached hydrogen (secondary N) is 1. The third-order valence-corrected chi connectivity index (χ3v) is 2.80. The molecule has 0 bridgehead atoms. The second-order valence-electron chi connectivity index (χ2n) is 4.46. The van der Waals surface area contributed by atoms with Crippen LogP contribution in [0.15, 0.2) is 12.3 Å². The van der Waals surface area contributed by atoms with Gasteiger partial charge < -0.3 is 15.3 Å². The molecule has 1 amide bonds. The summed E-state index contributed by atoms with van der Waals surface area (Å²) in [5.41, 5.74) is -0.361. The van der Waals surface area contributed by atoms with E-state index in [0.717, 1.165) is 6.20 Å². The van der Waals surface area contributed by atoms with E-state index in [-0.39, 0.29) is 11.3 Å². The van der Waals surface area contributed by atoms with E-state index in [1.54, 1.807) is 14.0 Å². The lowest BCUT2D eigenvalue weighted by atomic mass is 10.2. The van der Waals surface area contributed by atoms with Crippen molar-refractivity contribution in [2.45, 2.75) is 19.4 Å². The molecule has 1 heterocycles. The maximum Gasteiger partial charge on any atom is 0.300 e. The largest absolute Gasteiger partial charge is 0.393 e. The van der Waals surface area contributed by atoms with Crippen molar-refractivity contribution >= 4 is 17.4 Å². The van der Waals surface area contributed by atoms with E-state index in [2.05, 4.69) is 10.3 Å². The summed E-state index contributed by atoms with van der Waals surface area (Å²) in [7, 11) is 3.15. The zero-order valence-electron chi connectivity index (χ0n) is 11.7. The topological polar surface area (TPSA) is 109 Å².